The molecule has 0 unspecified atom stereocenters. The van der Waals surface area contributed by atoms with E-state index >= 15 is 0 Å². The molecule has 1 rings (SSSR count). The van der Waals surface area contributed by atoms with Gasteiger partial charge in [-0.05, 0) is 11.6 Å². The first-order valence-electron chi connectivity index (χ1n) is 3.89. The van der Waals surface area contributed by atoms with Gasteiger partial charge in [-0.1, -0.05) is 22.9 Å². The molecule has 3 nitrogen and oxygen atoms in total. The van der Waals surface area contributed by atoms with Gasteiger partial charge < -0.3 is 0 Å². The standard InChI is InChI=1S/C9H8BrFNO2/c1-6(5-11)8-4-7(12(13)14)2-3-9(8)10/h2-4H,5H2,1H3. The predicted octanol–water partition coefficient (Wildman–Crippen LogP) is 3.27. The predicted molar refractivity (Wildman–Crippen MR) is 54.8 cm³/mol. The average Bonchev–Trinajstić information content (AvgIpc) is 2.17. The van der Waals surface area contributed by atoms with Gasteiger partial charge in [-0.3, -0.25) is 14.5 Å². The van der Waals surface area contributed by atoms with Crippen molar-refractivity contribution >= 4 is 21.6 Å². The van der Waals surface area contributed by atoms with Gasteiger partial charge in [0.05, 0.1) is 11.6 Å². The van der Waals surface area contributed by atoms with Crippen molar-refractivity contribution in [3.63, 3.8) is 0 Å². The van der Waals surface area contributed by atoms with E-state index in [1.54, 1.807) is 13.0 Å². The van der Waals surface area contributed by atoms with Gasteiger partial charge >= 0.3 is 0 Å². The SMILES string of the molecule is C[C](CF)c1cc([N+](=O)[O-])ccc1Br. The molecule has 1 radical (unpaired) electrons. The van der Waals surface area contributed by atoms with Crippen LogP contribution in [0.1, 0.15) is 12.5 Å². The fourth-order valence-electron chi connectivity index (χ4n) is 1.03. The minimum absolute atomic E-state index is 0.0315. The molecule has 0 N–H and O–H groups in total. The summed E-state index contributed by atoms with van der Waals surface area (Å²) >= 11 is 3.21. The number of non-ortho nitro benzene ring substituents is 1. The molecule has 0 aliphatic carbocycles. The lowest BCUT2D eigenvalue weighted by Crippen LogP contribution is -1.99. The second-order valence-electron chi connectivity index (χ2n) is 2.84. The molecular formula is C9H8BrFNO2. The number of nitro groups is 1. The van der Waals surface area contributed by atoms with E-state index in [4.69, 9.17) is 0 Å². The summed E-state index contributed by atoms with van der Waals surface area (Å²) in [6.45, 7) is 0.990. The number of alkyl halides is 1. The van der Waals surface area contributed by atoms with Gasteiger partial charge in [-0.15, -0.1) is 0 Å². The van der Waals surface area contributed by atoms with E-state index in [1.165, 1.54) is 12.1 Å². The van der Waals surface area contributed by atoms with Crippen LogP contribution in [0.2, 0.25) is 0 Å². The van der Waals surface area contributed by atoms with Gasteiger partial charge in [0.1, 0.15) is 0 Å². The molecule has 75 valence electrons. The van der Waals surface area contributed by atoms with Gasteiger partial charge in [-0.25, -0.2) is 0 Å². The van der Waals surface area contributed by atoms with E-state index in [9.17, 15) is 14.5 Å². The van der Waals surface area contributed by atoms with Crippen molar-refractivity contribution in [1.29, 1.82) is 0 Å². The third-order valence-electron chi connectivity index (χ3n) is 1.82. The Labute approximate surface area is 89.2 Å². The molecule has 0 spiro atoms. The maximum Gasteiger partial charge on any atom is 0.269 e. The summed E-state index contributed by atoms with van der Waals surface area (Å²) in [6, 6.07) is 4.28. The van der Waals surface area contributed by atoms with Crippen LogP contribution in [0.25, 0.3) is 0 Å². The first-order valence-corrected chi connectivity index (χ1v) is 4.68. The zero-order valence-electron chi connectivity index (χ0n) is 7.46. The van der Waals surface area contributed by atoms with E-state index in [0.717, 1.165) is 0 Å². The molecule has 1 aromatic carbocycles. The molecule has 0 aromatic heterocycles. The molecule has 0 fully saturated rings. The Kier molecular flexibility index (Phi) is 3.57. The van der Waals surface area contributed by atoms with Crippen LogP contribution < -0.4 is 0 Å². The second kappa shape index (κ2) is 4.50. The van der Waals surface area contributed by atoms with Gasteiger partial charge in [-0.2, -0.15) is 0 Å². The molecule has 5 heteroatoms. The number of nitrogens with zero attached hydrogens (tertiary/aromatic N) is 1. The Hall–Kier alpha value is -0.970. The lowest BCUT2D eigenvalue weighted by Gasteiger charge is -2.08. The maximum absolute atomic E-state index is 12.4. The zero-order valence-corrected chi connectivity index (χ0v) is 9.04. The van der Waals surface area contributed by atoms with Gasteiger partial charge in [0, 0.05) is 22.5 Å². The Morgan fingerprint density at radius 2 is 2.29 bits per heavy atom. The fourth-order valence-corrected chi connectivity index (χ4v) is 1.61. The van der Waals surface area contributed by atoms with Crippen molar-refractivity contribution in [2.75, 3.05) is 6.67 Å². The van der Waals surface area contributed by atoms with E-state index < -0.39 is 11.6 Å². The summed E-state index contributed by atoms with van der Waals surface area (Å²) in [5, 5.41) is 10.5. The summed E-state index contributed by atoms with van der Waals surface area (Å²) < 4.78 is 13.0. The van der Waals surface area contributed by atoms with Gasteiger partial charge in [0.2, 0.25) is 0 Å². The topological polar surface area (TPSA) is 43.1 Å². The van der Waals surface area contributed by atoms with Crippen LogP contribution in [0.3, 0.4) is 0 Å². The monoisotopic (exact) mass is 260 g/mol. The van der Waals surface area contributed by atoms with Crippen molar-refractivity contribution in [2.24, 2.45) is 0 Å². The Morgan fingerprint density at radius 1 is 1.64 bits per heavy atom. The van der Waals surface area contributed by atoms with Crippen molar-refractivity contribution in [3.8, 4) is 0 Å². The Balaban J connectivity index is 3.14. The number of halogens is 2. The van der Waals surface area contributed by atoms with E-state index in [-0.39, 0.29) is 5.69 Å². The minimum Gasteiger partial charge on any atom is -0.258 e. The number of hydrogen-bond donors (Lipinski definition) is 0. The lowest BCUT2D eigenvalue weighted by molar-refractivity contribution is -0.384. The van der Waals surface area contributed by atoms with Crippen LogP contribution >= 0.6 is 15.9 Å². The number of rotatable bonds is 3. The molecule has 0 aliphatic heterocycles. The first-order chi connectivity index (χ1) is 6.56. The quantitative estimate of drug-likeness (QED) is 0.619. The molecule has 0 atom stereocenters. The summed E-state index contributed by atoms with van der Waals surface area (Å²) in [7, 11) is 0. The molecule has 14 heavy (non-hydrogen) atoms. The molecule has 0 amide bonds. The normalized spacial score (nSPS) is 10.6. The van der Waals surface area contributed by atoms with Crippen LogP contribution in [0.15, 0.2) is 22.7 Å². The van der Waals surface area contributed by atoms with Gasteiger partial charge in [0.25, 0.3) is 5.69 Å². The number of nitro benzene ring substituents is 1. The van der Waals surface area contributed by atoms with Crippen LogP contribution in [-0.2, 0) is 0 Å². The third kappa shape index (κ3) is 2.29. The van der Waals surface area contributed by atoms with Crippen molar-refractivity contribution < 1.29 is 9.31 Å². The van der Waals surface area contributed by atoms with Crippen molar-refractivity contribution in [2.45, 2.75) is 6.92 Å². The smallest absolute Gasteiger partial charge is 0.258 e. The first kappa shape index (κ1) is 11.1. The highest BCUT2D eigenvalue weighted by Crippen LogP contribution is 2.28. The summed E-state index contributed by atoms with van der Waals surface area (Å²) in [5.41, 5.74) is 0.512. The minimum atomic E-state index is -0.611. The summed E-state index contributed by atoms with van der Waals surface area (Å²) in [5.74, 6) is 0.473. The number of hydrogen-bond acceptors (Lipinski definition) is 2. The van der Waals surface area contributed by atoms with Crippen molar-refractivity contribution in [1.82, 2.24) is 0 Å². The summed E-state index contributed by atoms with van der Waals surface area (Å²) in [4.78, 5) is 9.96. The zero-order chi connectivity index (χ0) is 10.7. The van der Waals surface area contributed by atoms with Crippen molar-refractivity contribution in [3.05, 3.63) is 44.3 Å². The molecule has 0 heterocycles. The fraction of sp³-hybridized carbons (Fsp3) is 0.222. The molecular weight excluding hydrogens is 253 g/mol. The highest BCUT2D eigenvalue weighted by atomic mass is 79.9. The van der Waals surface area contributed by atoms with Crippen LogP contribution in [-0.4, -0.2) is 11.6 Å². The Bertz CT molecular complexity index is 357. The Morgan fingerprint density at radius 3 is 2.79 bits per heavy atom. The summed E-state index contributed by atoms with van der Waals surface area (Å²) in [6.07, 6.45) is 0. The maximum atomic E-state index is 12.4. The molecule has 0 aliphatic rings. The van der Waals surface area contributed by atoms with Crippen LogP contribution in [0, 0.1) is 16.0 Å². The van der Waals surface area contributed by atoms with E-state index in [2.05, 4.69) is 15.9 Å². The molecule has 0 saturated carbocycles. The van der Waals surface area contributed by atoms with E-state index in [0.29, 0.717) is 16.0 Å². The van der Waals surface area contributed by atoms with Crippen LogP contribution in [0.5, 0.6) is 0 Å². The van der Waals surface area contributed by atoms with Crippen LogP contribution in [0.4, 0.5) is 10.1 Å². The second-order valence-corrected chi connectivity index (χ2v) is 3.69. The lowest BCUT2D eigenvalue weighted by atomic mass is 10.0. The van der Waals surface area contributed by atoms with Gasteiger partial charge in [0.15, 0.2) is 0 Å². The average molecular weight is 261 g/mol. The largest absolute Gasteiger partial charge is 0.269 e. The van der Waals surface area contributed by atoms with E-state index in [1.807, 2.05) is 0 Å². The molecule has 0 saturated heterocycles. The number of benzene rings is 1. The highest BCUT2D eigenvalue weighted by Gasteiger charge is 2.14. The molecule has 0 bridgehead atoms. The highest BCUT2D eigenvalue weighted by molar-refractivity contribution is 9.10. The third-order valence-corrected chi connectivity index (χ3v) is 2.51. The molecule has 1 aromatic rings.